The fourth-order valence-corrected chi connectivity index (χ4v) is 5.97. The number of nitrogens with one attached hydrogen (secondary N) is 2. The molecule has 12 nitrogen and oxygen atoms in total. The second-order valence-electron chi connectivity index (χ2n) is 11.1. The highest BCUT2D eigenvalue weighted by molar-refractivity contribution is 6.00. The summed E-state index contributed by atoms with van der Waals surface area (Å²) >= 11 is 0. The number of primary amides is 1. The van der Waals surface area contributed by atoms with E-state index in [9.17, 15) is 28.8 Å². The number of rotatable bonds is 12. The topological polar surface area (TPSA) is 166 Å². The van der Waals surface area contributed by atoms with Gasteiger partial charge >= 0.3 is 5.69 Å². The number of piperidine rings is 2. The lowest BCUT2D eigenvalue weighted by atomic mass is 9.90. The number of imide groups is 1. The Labute approximate surface area is 238 Å². The maximum absolute atomic E-state index is 13.1. The molecule has 222 valence electrons. The van der Waals surface area contributed by atoms with Crippen LogP contribution in [0.3, 0.4) is 0 Å². The summed E-state index contributed by atoms with van der Waals surface area (Å²) in [7, 11) is 1.72. The van der Waals surface area contributed by atoms with Crippen LogP contribution < -0.4 is 22.1 Å². The van der Waals surface area contributed by atoms with Crippen LogP contribution in [-0.2, 0) is 37.4 Å². The Morgan fingerprint density at radius 3 is 2.49 bits per heavy atom. The molecule has 1 aromatic carbocycles. The lowest BCUT2D eigenvalue weighted by Gasteiger charge is -2.32. The van der Waals surface area contributed by atoms with Gasteiger partial charge in [-0.1, -0.05) is 25.0 Å². The van der Waals surface area contributed by atoms with Gasteiger partial charge in [-0.25, -0.2) is 4.79 Å². The summed E-state index contributed by atoms with van der Waals surface area (Å²) in [4.78, 5) is 74.1. The van der Waals surface area contributed by atoms with E-state index < -0.39 is 17.9 Å². The van der Waals surface area contributed by atoms with Gasteiger partial charge in [0.05, 0.1) is 17.6 Å². The van der Waals surface area contributed by atoms with Gasteiger partial charge in [0.1, 0.15) is 6.04 Å². The first-order valence-electron chi connectivity index (χ1n) is 14.5. The molecule has 1 unspecified atom stereocenters. The summed E-state index contributed by atoms with van der Waals surface area (Å²) in [6, 6.07) is 5.10. The third kappa shape index (κ3) is 7.42. The second-order valence-corrected chi connectivity index (χ2v) is 11.1. The number of hydrogen-bond donors (Lipinski definition) is 3. The van der Waals surface area contributed by atoms with Crippen molar-refractivity contribution < 1.29 is 24.0 Å². The van der Waals surface area contributed by atoms with Gasteiger partial charge in [-0.15, -0.1) is 0 Å². The minimum absolute atomic E-state index is 0.0284. The molecule has 2 saturated heterocycles. The standard InChI is InChI=1S/C29H40N6O6/c1-33-27-20(8-4-9-21(27)35(29(33)41)22-12-13-25(38)32-28(22)40)7-3-2-6-19-14-16-34(17-15-19)26(39)18-31-24(37)11-5-10-23(30)36/h4,8-9,19,22H,2-3,5-7,10-18H2,1H3,(H2,30,36)(H,31,37)(H,32,38,40). The summed E-state index contributed by atoms with van der Waals surface area (Å²) < 4.78 is 3.12. The summed E-state index contributed by atoms with van der Waals surface area (Å²) in [5.74, 6) is -0.988. The molecule has 0 spiro atoms. The van der Waals surface area contributed by atoms with Gasteiger partial charge < -0.3 is 16.0 Å². The van der Waals surface area contributed by atoms with E-state index in [4.69, 9.17) is 5.73 Å². The average molecular weight is 569 g/mol. The molecule has 2 aliphatic rings. The maximum Gasteiger partial charge on any atom is 0.329 e. The smallest absolute Gasteiger partial charge is 0.329 e. The van der Waals surface area contributed by atoms with Gasteiger partial charge in [0.15, 0.2) is 0 Å². The highest BCUT2D eigenvalue weighted by atomic mass is 16.2. The molecule has 4 rings (SSSR count). The average Bonchev–Trinajstić information content (AvgIpc) is 3.20. The number of para-hydroxylation sites is 1. The number of aryl methyl sites for hydroxylation is 2. The lowest BCUT2D eigenvalue weighted by molar-refractivity contribution is -0.136. The van der Waals surface area contributed by atoms with Crippen molar-refractivity contribution in [2.45, 2.75) is 76.7 Å². The monoisotopic (exact) mass is 568 g/mol. The van der Waals surface area contributed by atoms with Crippen molar-refractivity contribution in [2.75, 3.05) is 19.6 Å². The highest BCUT2D eigenvalue weighted by Crippen LogP contribution is 2.27. The molecule has 2 aromatic rings. The van der Waals surface area contributed by atoms with E-state index in [0.29, 0.717) is 37.4 Å². The fraction of sp³-hybridized carbons (Fsp3) is 0.586. The number of hydrogen-bond acceptors (Lipinski definition) is 6. The highest BCUT2D eigenvalue weighted by Gasteiger charge is 2.31. The van der Waals surface area contributed by atoms with Gasteiger partial charge in [-0.3, -0.25) is 38.4 Å². The third-order valence-electron chi connectivity index (χ3n) is 8.25. The molecule has 0 radical (unpaired) electrons. The molecule has 0 aliphatic carbocycles. The number of likely N-dealkylation sites (tertiary alicyclic amines) is 1. The van der Waals surface area contributed by atoms with Gasteiger partial charge in [-0.05, 0) is 56.1 Å². The number of amides is 5. The molecule has 5 amide bonds. The van der Waals surface area contributed by atoms with E-state index >= 15 is 0 Å². The Morgan fingerprint density at radius 1 is 1.02 bits per heavy atom. The minimum atomic E-state index is -0.693. The molecule has 3 heterocycles. The lowest BCUT2D eigenvalue weighted by Crippen LogP contribution is -2.44. The number of imidazole rings is 1. The third-order valence-corrected chi connectivity index (χ3v) is 8.25. The first-order chi connectivity index (χ1) is 19.7. The Kier molecular flexibility index (Phi) is 9.95. The number of carbonyl (C=O) groups is 5. The summed E-state index contributed by atoms with van der Waals surface area (Å²) in [6.07, 6.45) is 6.93. The van der Waals surface area contributed by atoms with E-state index in [-0.39, 0.29) is 49.2 Å². The van der Waals surface area contributed by atoms with Crippen LogP contribution in [0.25, 0.3) is 11.0 Å². The first kappa shape index (κ1) is 30.0. The van der Waals surface area contributed by atoms with Gasteiger partial charge in [0.2, 0.25) is 29.5 Å². The molecule has 0 saturated carbocycles. The maximum atomic E-state index is 13.1. The van der Waals surface area contributed by atoms with Gasteiger partial charge in [-0.2, -0.15) is 0 Å². The van der Waals surface area contributed by atoms with Crippen molar-refractivity contribution in [1.29, 1.82) is 0 Å². The van der Waals surface area contributed by atoms with Crippen molar-refractivity contribution >= 4 is 40.6 Å². The number of unbranched alkanes of at least 4 members (excludes halogenated alkanes) is 1. The zero-order valence-electron chi connectivity index (χ0n) is 23.7. The van der Waals surface area contributed by atoms with Crippen molar-refractivity contribution in [3.63, 3.8) is 0 Å². The number of nitrogens with zero attached hydrogens (tertiary/aromatic N) is 3. The van der Waals surface area contributed by atoms with Crippen LogP contribution in [0.4, 0.5) is 0 Å². The van der Waals surface area contributed by atoms with Gasteiger partial charge in [0.25, 0.3) is 0 Å². The van der Waals surface area contributed by atoms with Crippen molar-refractivity contribution in [3.8, 4) is 0 Å². The van der Waals surface area contributed by atoms with E-state index in [2.05, 4.69) is 10.6 Å². The Hall–Kier alpha value is -3.96. The largest absolute Gasteiger partial charge is 0.370 e. The predicted octanol–water partition coefficient (Wildman–Crippen LogP) is 1.04. The van der Waals surface area contributed by atoms with Crippen LogP contribution in [-0.4, -0.2) is 63.2 Å². The first-order valence-corrected chi connectivity index (χ1v) is 14.5. The van der Waals surface area contributed by atoms with Crippen LogP contribution in [0.15, 0.2) is 23.0 Å². The van der Waals surface area contributed by atoms with Crippen LogP contribution in [0.2, 0.25) is 0 Å². The van der Waals surface area contributed by atoms with E-state index in [1.54, 1.807) is 16.5 Å². The van der Waals surface area contributed by atoms with Crippen LogP contribution in [0.1, 0.15) is 75.8 Å². The molecule has 2 aliphatic heterocycles. The summed E-state index contributed by atoms with van der Waals surface area (Å²) in [5.41, 5.74) is 7.41. The summed E-state index contributed by atoms with van der Waals surface area (Å²) in [6.45, 7) is 1.33. The normalized spacial score (nSPS) is 18.0. The summed E-state index contributed by atoms with van der Waals surface area (Å²) in [5, 5.41) is 4.98. The van der Waals surface area contributed by atoms with Gasteiger partial charge in [0, 0.05) is 39.4 Å². The zero-order valence-corrected chi connectivity index (χ0v) is 23.7. The molecule has 12 heteroatoms. The number of fused-ring (bicyclic) bond motifs is 1. The molecule has 41 heavy (non-hydrogen) atoms. The van der Waals surface area contributed by atoms with Crippen molar-refractivity contribution in [2.24, 2.45) is 18.7 Å². The molecular formula is C29H40N6O6. The second kappa shape index (κ2) is 13.6. The minimum Gasteiger partial charge on any atom is -0.370 e. The fourth-order valence-electron chi connectivity index (χ4n) is 5.97. The Bertz CT molecular complexity index is 1370. The number of nitrogens with two attached hydrogens (primary N) is 1. The zero-order chi connectivity index (χ0) is 29.5. The molecule has 2 fully saturated rings. The van der Waals surface area contributed by atoms with Crippen LogP contribution >= 0.6 is 0 Å². The molecule has 1 aromatic heterocycles. The van der Waals surface area contributed by atoms with E-state index in [0.717, 1.165) is 49.6 Å². The van der Waals surface area contributed by atoms with Crippen molar-refractivity contribution in [3.05, 3.63) is 34.2 Å². The predicted molar refractivity (Wildman–Crippen MR) is 152 cm³/mol. The Balaban J connectivity index is 1.23. The molecule has 0 bridgehead atoms. The number of aromatic nitrogens is 2. The number of carbonyl (C=O) groups excluding carboxylic acids is 5. The van der Waals surface area contributed by atoms with Crippen molar-refractivity contribution in [1.82, 2.24) is 24.7 Å². The van der Waals surface area contributed by atoms with E-state index in [1.807, 2.05) is 18.2 Å². The SMILES string of the molecule is Cn1c(=O)n(C2CCC(=O)NC2=O)c2cccc(CCCCC3CCN(C(=O)CNC(=O)CCCC(N)=O)CC3)c21. The molecule has 4 N–H and O–H groups in total. The van der Waals surface area contributed by atoms with E-state index in [1.165, 1.54) is 4.57 Å². The quantitative estimate of drug-likeness (QED) is 0.256. The van der Waals surface area contributed by atoms with Crippen LogP contribution in [0.5, 0.6) is 0 Å². The Morgan fingerprint density at radius 2 is 1.78 bits per heavy atom. The molecular weight excluding hydrogens is 528 g/mol. The van der Waals surface area contributed by atoms with Crippen LogP contribution in [0, 0.1) is 5.92 Å². The number of benzene rings is 1. The molecule has 1 atom stereocenters.